The van der Waals surface area contributed by atoms with Crippen molar-refractivity contribution < 1.29 is 9.53 Å². The van der Waals surface area contributed by atoms with Crippen molar-refractivity contribution in [3.8, 4) is 11.8 Å². The van der Waals surface area contributed by atoms with Gasteiger partial charge in [0.25, 0.3) is 0 Å². The molecule has 2 aliphatic heterocycles. The molecule has 21 heavy (non-hydrogen) atoms. The number of hydrogen-bond donors (Lipinski definition) is 1. The van der Waals surface area contributed by atoms with Crippen LogP contribution in [-0.4, -0.2) is 48.7 Å². The molecule has 114 valence electrons. The van der Waals surface area contributed by atoms with Gasteiger partial charge in [0, 0.05) is 31.4 Å². The number of ether oxygens (including phenoxy) is 1. The van der Waals surface area contributed by atoms with Gasteiger partial charge in [-0.2, -0.15) is 0 Å². The Morgan fingerprint density at radius 1 is 1.57 bits per heavy atom. The van der Waals surface area contributed by atoms with E-state index in [1.165, 1.54) is 19.8 Å². The predicted molar refractivity (Wildman–Crippen MR) is 81.6 cm³/mol. The Kier molecular flexibility index (Phi) is 4.05. The molecule has 3 rings (SSSR count). The van der Waals surface area contributed by atoms with Crippen LogP contribution in [-0.2, 0) is 9.53 Å². The zero-order chi connectivity index (χ0) is 14.9. The van der Waals surface area contributed by atoms with Crippen molar-refractivity contribution >= 4 is 5.97 Å². The fraction of sp³-hybridized carbons (Fsp3) is 0.706. The molecule has 3 aliphatic rings. The third-order valence-corrected chi connectivity index (χ3v) is 4.88. The van der Waals surface area contributed by atoms with Gasteiger partial charge in [0.1, 0.15) is 5.60 Å². The molecule has 1 aliphatic carbocycles. The molecule has 0 radical (unpaired) electrons. The molecule has 0 aromatic heterocycles. The largest absolute Gasteiger partial charge is 0.457 e. The van der Waals surface area contributed by atoms with Gasteiger partial charge < -0.3 is 10.1 Å². The maximum Gasteiger partial charge on any atom is 0.303 e. The Labute approximate surface area is 126 Å². The van der Waals surface area contributed by atoms with E-state index in [1.807, 2.05) is 7.05 Å². The van der Waals surface area contributed by atoms with Gasteiger partial charge in [-0.15, -0.1) is 0 Å². The summed E-state index contributed by atoms with van der Waals surface area (Å²) in [5, 5.41) is 3.04. The van der Waals surface area contributed by atoms with E-state index in [9.17, 15) is 4.79 Å². The Balaban J connectivity index is 1.88. The lowest BCUT2D eigenvalue weighted by Crippen LogP contribution is -2.49. The van der Waals surface area contributed by atoms with Crippen molar-refractivity contribution in [2.24, 2.45) is 0 Å². The summed E-state index contributed by atoms with van der Waals surface area (Å²) in [4.78, 5) is 14.2. The predicted octanol–water partition coefficient (Wildman–Crippen LogP) is 1.47. The van der Waals surface area contributed by atoms with E-state index in [1.54, 1.807) is 0 Å². The summed E-state index contributed by atoms with van der Waals surface area (Å²) in [6, 6.07) is 0.766. The molecule has 4 nitrogen and oxygen atoms in total. The minimum Gasteiger partial charge on any atom is -0.457 e. The van der Waals surface area contributed by atoms with Crippen LogP contribution in [0.1, 0.15) is 39.0 Å². The van der Waals surface area contributed by atoms with E-state index in [4.69, 9.17) is 4.74 Å². The van der Waals surface area contributed by atoms with E-state index in [-0.39, 0.29) is 11.6 Å². The lowest BCUT2D eigenvalue weighted by molar-refractivity contribution is -0.160. The molecular formula is C17H24N2O2. The minimum absolute atomic E-state index is 0.161. The highest BCUT2D eigenvalue weighted by molar-refractivity contribution is 5.67. The SMILES string of the molecule is CNCC#CC1=CC2CC(OC(C)=O)(C1)C1CCCCN21. The van der Waals surface area contributed by atoms with Crippen molar-refractivity contribution in [1.82, 2.24) is 10.2 Å². The van der Waals surface area contributed by atoms with Gasteiger partial charge in [-0.25, -0.2) is 0 Å². The number of esters is 1. The molecule has 2 saturated heterocycles. The molecule has 0 amide bonds. The van der Waals surface area contributed by atoms with E-state index >= 15 is 0 Å². The van der Waals surface area contributed by atoms with Crippen LogP contribution in [0.4, 0.5) is 0 Å². The highest BCUT2D eigenvalue weighted by Crippen LogP contribution is 2.48. The molecule has 1 N–H and O–H groups in total. The van der Waals surface area contributed by atoms with Crippen LogP contribution in [0, 0.1) is 11.8 Å². The number of fused-ring (bicyclic) bond motifs is 5. The van der Waals surface area contributed by atoms with Crippen molar-refractivity contribution in [2.75, 3.05) is 20.1 Å². The maximum atomic E-state index is 11.6. The van der Waals surface area contributed by atoms with Gasteiger partial charge in [-0.3, -0.25) is 9.69 Å². The molecule has 2 fully saturated rings. The van der Waals surface area contributed by atoms with Gasteiger partial charge in [-0.1, -0.05) is 24.3 Å². The van der Waals surface area contributed by atoms with Gasteiger partial charge in [0.15, 0.2) is 0 Å². The summed E-state index contributed by atoms with van der Waals surface area (Å²) in [7, 11) is 1.90. The molecule has 3 unspecified atom stereocenters. The van der Waals surface area contributed by atoms with Gasteiger partial charge in [0.2, 0.25) is 0 Å². The summed E-state index contributed by atoms with van der Waals surface area (Å²) in [6.45, 7) is 3.34. The zero-order valence-corrected chi connectivity index (χ0v) is 12.9. The molecule has 2 heterocycles. The second-order valence-corrected chi connectivity index (χ2v) is 6.38. The molecule has 4 heteroatoms. The summed E-state index contributed by atoms with van der Waals surface area (Å²) in [5.74, 6) is 6.24. The van der Waals surface area contributed by atoms with Crippen molar-refractivity contribution in [1.29, 1.82) is 0 Å². The first-order valence-corrected chi connectivity index (χ1v) is 7.94. The molecule has 0 aromatic carbocycles. The average Bonchev–Trinajstić information content (AvgIpc) is 2.67. The molecule has 2 bridgehead atoms. The smallest absolute Gasteiger partial charge is 0.303 e. The van der Waals surface area contributed by atoms with Gasteiger partial charge >= 0.3 is 5.97 Å². The second kappa shape index (κ2) is 5.82. The van der Waals surface area contributed by atoms with Crippen molar-refractivity contribution in [3.63, 3.8) is 0 Å². The quantitative estimate of drug-likeness (QED) is 0.617. The molecular weight excluding hydrogens is 264 g/mol. The van der Waals surface area contributed by atoms with E-state index in [2.05, 4.69) is 28.1 Å². The first kappa shape index (κ1) is 14.6. The summed E-state index contributed by atoms with van der Waals surface area (Å²) in [5.41, 5.74) is 0.798. The second-order valence-electron chi connectivity index (χ2n) is 6.38. The topological polar surface area (TPSA) is 41.6 Å². The van der Waals surface area contributed by atoms with Crippen LogP contribution in [0.15, 0.2) is 11.6 Å². The van der Waals surface area contributed by atoms with Crippen LogP contribution >= 0.6 is 0 Å². The Morgan fingerprint density at radius 2 is 2.43 bits per heavy atom. The maximum absolute atomic E-state index is 11.6. The highest BCUT2D eigenvalue weighted by Gasteiger charge is 2.56. The number of piperidine rings is 1. The Morgan fingerprint density at radius 3 is 3.19 bits per heavy atom. The zero-order valence-electron chi connectivity index (χ0n) is 12.9. The van der Waals surface area contributed by atoms with Crippen LogP contribution < -0.4 is 5.32 Å². The summed E-state index contributed by atoms with van der Waals surface area (Å²) < 4.78 is 5.87. The van der Waals surface area contributed by atoms with E-state index in [0.29, 0.717) is 18.6 Å². The van der Waals surface area contributed by atoms with Crippen LogP contribution in [0.5, 0.6) is 0 Å². The third kappa shape index (κ3) is 2.73. The van der Waals surface area contributed by atoms with Crippen molar-refractivity contribution in [2.45, 2.75) is 56.7 Å². The van der Waals surface area contributed by atoms with Gasteiger partial charge in [0.05, 0.1) is 12.6 Å². The number of carbonyl (C=O) groups excluding carboxylic acids is 1. The first-order valence-electron chi connectivity index (χ1n) is 7.94. The van der Waals surface area contributed by atoms with Crippen LogP contribution in [0.3, 0.4) is 0 Å². The van der Waals surface area contributed by atoms with Crippen LogP contribution in [0.25, 0.3) is 0 Å². The highest BCUT2D eigenvalue weighted by atomic mass is 16.6. The minimum atomic E-state index is -0.338. The van der Waals surface area contributed by atoms with Gasteiger partial charge in [-0.05, 0) is 26.4 Å². The molecule has 0 aromatic rings. The number of rotatable bonds is 2. The summed E-state index contributed by atoms with van der Waals surface area (Å²) >= 11 is 0. The molecule has 3 atom stereocenters. The number of nitrogens with zero attached hydrogens (tertiary/aromatic N) is 1. The Bertz CT molecular complexity index is 517. The first-order chi connectivity index (χ1) is 10.1. The average molecular weight is 288 g/mol. The fourth-order valence-electron chi connectivity index (χ4n) is 4.25. The fourth-order valence-corrected chi connectivity index (χ4v) is 4.25. The number of carbonyl (C=O) groups is 1. The molecule has 0 spiro atoms. The van der Waals surface area contributed by atoms with E-state index in [0.717, 1.165) is 31.4 Å². The number of nitrogens with one attached hydrogen (secondary N) is 1. The third-order valence-electron chi connectivity index (χ3n) is 4.88. The Hall–Kier alpha value is -1.31. The van der Waals surface area contributed by atoms with E-state index < -0.39 is 0 Å². The standard InChI is InChI=1S/C17H24N2O2/c1-13(20)21-17-11-14(6-5-8-18-2)10-15(12-17)19-9-4-3-7-16(17)19/h10,15-16,18H,3-4,7-9,11-12H2,1-2H3. The lowest BCUT2D eigenvalue weighted by atomic mass is 9.80. The lowest BCUT2D eigenvalue weighted by Gasteiger charge is -2.39. The summed E-state index contributed by atoms with van der Waals surface area (Å²) in [6.07, 6.45) is 7.63. The van der Waals surface area contributed by atoms with Crippen molar-refractivity contribution in [3.05, 3.63) is 11.6 Å². The van der Waals surface area contributed by atoms with Crippen LogP contribution in [0.2, 0.25) is 0 Å². The normalized spacial score (nSPS) is 34.5. The number of hydrogen-bond acceptors (Lipinski definition) is 4. The molecule has 0 saturated carbocycles. The monoisotopic (exact) mass is 288 g/mol.